The third-order valence-corrected chi connectivity index (χ3v) is 5.04. The summed E-state index contributed by atoms with van der Waals surface area (Å²) in [6.45, 7) is 2.72. The number of rotatable bonds is 4. The van der Waals surface area contributed by atoms with Crippen molar-refractivity contribution in [1.29, 1.82) is 0 Å². The fourth-order valence-corrected chi connectivity index (χ4v) is 3.45. The van der Waals surface area contributed by atoms with Gasteiger partial charge in [-0.25, -0.2) is 0 Å². The van der Waals surface area contributed by atoms with Crippen LogP contribution in [0.4, 0.5) is 0 Å². The molecule has 1 fully saturated rings. The maximum Gasteiger partial charge on any atom is 0.165 e. The van der Waals surface area contributed by atoms with Crippen LogP contribution in [-0.2, 0) is 5.41 Å². The van der Waals surface area contributed by atoms with Crippen molar-refractivity contribution < 1.29 is 9.47 Å². The van der Waals surface area contributed by atoms with Crippen LogP contribution < -0.4 is 15.2 Å². The second-order valence-electron chi connectivity index (χ2n) is 4.96. The van der Waals surface area contributed by atoms with Crippen LogP contribution in [0.25, 0.3) is 0 Å². The van der Waals surface area contributed by atoms with Gasteiger partial charge < -0.3 is 15.2 Å². The van der Waals surface area contributed by atoms with Crippen LogP contribution in [-0.4, -0.2) is 20.8 Å². The topological polar surface area (TPSA) is 44.5 Å². The summed E-state index contributed by atoms with van der Waals surface area (Å²) in [4.78, 5) is 0. The highest BCUT2D eigenvalue weighted by Crippen LogP contribution is 2.52. The first-order valence-electron chi connectivity index (χ1n) is 6.21. The Morgan fingerprint density at radius 3 is 2.39 bits per heavy atom. The zero-order valence-electron chi connectivity index (χ0n) is 11.2. The van der Waals surface area contributed by atoms with E-state index in [2.05, 4.69) is 22.9 Å². The van der Waals surface area contributed by atoms with E-state index in [4.69, 9.17) is 15.2 Å². The standard InChI is InChI=1S/C14H20BrNO2/c1-9-7-10(17-2)13(18-3)11(12(9)15)14(8-16)5-4-6-14/h7H,4-6,8,16H2,1-3H3. The van der Waals surface area contributed by atoms with Gasteiger partial charge in [-0.05, 0) is 31.4 Å². The Balaban J connectivity index is 2.66. The molecule has 0 unspecified atom stereocenters. The molecule has 1 aliphatic carbocycles. The third kappa shape index (κ3) is 1.91. The molecule has 0 aliphatic heterocycles. The van der Waals surface area contributed by atoms with Gasteiger partial charge in [-0.15, -0.1) is 0 Å². The summed E-state index contributed by atoms with van der Waals surface area (Å²) in [6, 6.07) is 2.00. The molecule has 1 aromatic rings. The van der Waals surface area contributed by atoms with Gasteiger partial charge in [0.15, 0.2) is 11.5 Å². The number of nitrogens with two attached hydrogens (primary N) is 1. The molecule has 1 aliphatic rings. The summed E-state index contributed by atoms with van der Waals surface area (Å²) in [5.41, 5.74) is 8.39. The van der Waals surface area contributed by atoms with Crippen molar-refractivity contribution in [3.63, 3.8) is 0 Å². The normalized spacial score (nSPS) is 17.2. The summed E-state index contributed by atoms with van der Waals surface area (Å²) in [7, 11) is 3.36. The number of halogens is 1. The minimum absolute atomic E-state index is 0.0451. The van der Waals surface area contributed by atoms with Crippen LogP contribution in [0.15, 0.2) is 10.5 Å². The van der Waals surface area contributed by atoms with E-state index in [9.17, 15) is 0 Å². The lowest BCUT2D eigenvalue weighted by Gasteiger charge is -2.43. The Morgan fingerprint density at radius 1 is 1.33 bits per heavy atom. The van der Waals surface area contributed by atoms with E-state index in [0.717, 1.165) is 34.4 Å². The molecule has 0 amide bonds. The molecule has 1 aromatic carbocycles. The highest BCUT2D eigenvalue weighted by Gasteiger charge is 2.42. The SMILES string of the molecule is COc1cc(C)c(Br)c(C2(CN)CCC2)c1OC. The molecule has 0 atom stereocenters. The van der Waals surface area contributed by atoms with Crippen LogP contribution in [0, 0.1) is 6.92 Å². The average Bonchev–Trinajstić information content (AvgIpc) is 2.33. The van der Waals surface area contributed by atoms with Gasteiger partial charge in [0.1, 0.15) is 0 Å². The largest absolute Gasteiger partial charge is 0.493 e. The van der Waals surface area contributed by atoms with Crippen molar-refractivity contribution in [3.05, 3.63) is 21.7 Å². The first-order valence-corrected chi connectivity index (χ1v) is 7.00. The highest BCUT2D eigenvalue weighted by atomic mass is 79.9. The van der Waals surface area contributed by atoms with E-state index in [0.29, 0.717) is 6.54 Å². The van der Waals surface area contributed by atoms with Gasteiger partial charge in [-0.2, -0.15) is 0 Å². The Kier molecular flexibility index (Phi) is 3.87. The molecule has 2 N–H and O–H groups in total. The molecule has 3 nitrogen and oxygen atoms in total. The van der Waals surface area contributed by atoms with Crippen molar-refractivity contribution in [3.8, 4) is 11.5 Å². The van der Waals surface area contributed by atoms with Gasteiger partial charge in [0.05, 0.1) is 14.2 Å². The number of methoxy groups -OCH3 is 2. The third-order valence-electron chi connectivity index (χ3n) is 4.02. The fourth-order valence-electron chi connectivity index (χ4n) is 2.73. The second kappa shape index (κ2) is 5.10. The quantitative estimate of drug-likeness (QED) is 0.928. The number of hydrogen-bond donors (Lipinski definition) is 1. The van der Waals surface area contributed by atoms with Crippen LogP contribution in [0.5, 0.6) is 11.5 Å². The van der Waals surface area contributed by atoms with Crippen molar-refractivity contribution in [2.24, 2.45) is 5.73 Å². The monoisotopic (exact) mass is 313 g/mol. The number of hydrogen-bond acceptors (Lipinski definition) is 3. The molecule has 0 bridgehead atoms. The van der Waals surface area contributed by atoms with E-state index >= 15 is 0 Å². The second-order valence-corrected chi connectivity index (χ2v) is 5.75. The molecule has 0 radical (unpaired) electrons. The van der Waals surface area contributed by atoms with Gasteiger partial charge >= 0.3 is 0 Å². The zero-order chi connectivity index (χ0) is 13.3. The van der Waals surface area contributed by atoms with E-state index < -0.39 is 0 Å². The molecular formula is C14H20BrNO2. The first-order chi connectivity index (χ1) is 8.59. The number of benzene rings is 1. The van der Waals surface area contributed by atoms with Crippen molar-refractivity contribution in [2.45, 2.75) is 31.6 Å². The molecular weight excluding hydrogens is 294 g/mol. The van der Waals surface area contributed by atoms with Crippen LogP contribution in [0.1, 0.15) is 30.4 Å². The predicted molar refractivity (Wildman–Crippen MR) is 76.6 cm³/mol. The maximum atomic E-state index is 6.02. The Bertz CT molecular complexity index is 450. The van der Waals surface area contributed by atoms with Gasteiger partial charge in [-0.3, -0.25) is 0 Å². The smallest absolute Gasteiger partial charge is 0.165 e. The molecule has 0 heterocycles. The average molecular weight is 314 g/mol. The molecule has 4 heteroatoms. The summed E-state index contributed by atoms with van der Waals surface area (Å²) in [5, 5.41) is 0. The van der Waals surface area contributed by atoms with E-state index in [1.165, 1.54) is 12.0 Å². The summed E-state index contributed by atoms with van der Waals surface area (Å²) < 4.78 is 12.1. The summed E-state index contributed by atoms with van der Waals surface area (Å²) in [5.74, 6) is 1.60. The van der Waals surface area contributed by atoms with Crippen LogP contribution >= 0.6 is 15.9 Å². The lowest BCUT2D eigenvalue weighted by molar-refractivity contribution is 0.238. The van der Waals surface area contributed by atoms with E-state index in [-0.39, 0.29) is 5.41 Å². The molecule has 1 saturated carbocycles. The predicted octanol–water partition coefficient (Wildman–Crippen LogP) is 3.16. The van der Waals surface area contributed by atoms with Crippen molar-refractivity contribution in [1.82, 2.24) is 0 Å². The molecule has 100 valence electrons. The minimum atomic E-state index is 0.0451. The van der Waals surface area contributed by atoms with Crippen LogP contribution in [0.3, 0.4) is 0 Å². The van der Waals surface area contributed by atoms with Gasteiger partial charge in [0.2, 0.25) is 0 Å². The number of aryl methyl sites for hydroxylation is 1. The van der Waals surface area contributed by atoms with Gasteiger partial charge in [0.25, 0.3) is 0 Å². The molecule has 0 spiro atoms. The fraction of sp³-hybridized carbons (Fsp3) is 0.571. The highest BCUT2D eigenvalue weighted by molar-refractivity contribution is 9.10. The number of ether oxygens (including phenoxy) is 2. The lowest BCUT2D eigenvalue weighted by atomic mass is 9.64. The van der Waals surface area contributed by atoms with Crippen LogP contribution in [0.2, 0.25) is 0 Å². The molecule has 18 heavy (non-hydrogen) atoms. The van der Waals surface area contributed by atoms with E-state index in [1.807, 2.05) is 6.07 Å². The summed E-state index contributed by atoms with van der Waals surface area (Å²) >= 11 is 3.70. The minimum Gasteiger partial charge on any atom is -0.493 e. The molecule has 2 rings (SSSR count). The van der Waals surface area contributed by atoms with Crippen molar-refractivity contribution in [2.75, 3.05) is 20.8 Å². The van der Waals surface area contributed by atoms with Gasteiger partial charge in [0, 0.05) is 22.0 Å². The van der Waals surface area contributed by atoms with Crippen molar-refractivity contribution >= 4 is 15.9 Å². The Morgan fingerprint density at radius 2 is 2.00 bits per heavy atom. The lowest BCUT2D eigenvalue weighted by Crippen LogP contribution is -2.42. The van der Waals surface area contributed by atoms with Gasteiger partial charge in [-0.1, -0.05) is 22.4 Å². The van der Waals surface area contributed by atoms with E-state index in [1.54, 1.807) is 14.2 Å². The first kappa shape index (κ1) is 13.7. The Hall–Kier alpha value is -0.740. The summed E-state index contributed by atoms with van der Waals surface area (Å²) in [6.07, 6.45) is 3.46. The zero-order valence-corrected chi connectivity index (χ0v) is 12.8. The molecule has 0 aromatic heterocycles. The molecule has 0 saturated heterocycles. The maximum absolute atomic E-state index is 6.02. The Labute approximate surface area is 117 Å².